The number of carbonyl (C=O) groups excluding carboxylic acids is 1. The van der Waals surface area contributed by atoms with Crippen LogP contribution < -0.4 is 16.0 Å². The minimum atomic E-state index is -0.774. The quantitative estimate of drug-likeness (QED) is 0.793. The van der Waals surface area contributed by atoms with Gasteiger partial charge in [0.25, 0.3) is 0 Å². The third-order valence-electron chi connectivity index (χ3n) is 5.09. The maximum Gasteiger partial charge on any atom is 0.240 e. The normalized spacial score (nSPS) is 22.4. The van der Waals surface area contributed by atoms with Gasteiger partial charge in [-0.15, -0.1) is 0 Å². The molecule has 25 heavy (non-hydrogen) atoms. The lowest BCUT2D eigenvalue weighted by Crippen LogP contribution is -2.60. The summed E-state index contributed by atoms with van der Waals surface area (Å²) in [6, 6.07) is 6.09. The van der Waals surface area contributed by atoms with Crippen molar-refractivity contribution in [3.05, 3.63) is 24.4 Å². The molecule has 3 rings (SSSR count). The number of hydrogen-bond acceptors (Lipinski definition) is 6. The van der Waals surface area contributed by atoms with E-state index >= 15 is 0 Å². The van der Waals surface area contributed by atoms with Gasteiger partial charge in [-0.05, 0) is 31.9 Å². The summed E-state index contributed by atoms with van der Waals surface area (Å²) >= 11 is 0. The topological polar surface area (TPSA) is 83.7 Å². The van der Waals surface area contributed by atoms with Crippen LogP contribution in [0.25, 0.3) is 0 Å². The Bertz CT molecular complexity index is 554. The number of anilines is 1. The summed E-state index contributed by atoms with van der Waals surface area (Å²) in [5.74, 6) is 0.989. The van der Waals surface area contributed by atoms with Crippen LogP contribution in [0, 0.1) is 0 Å². The van der Waals surface area contributed by atoms with Crippen molar-refractivity contribution in [2.24, 2.45) is 5.73 Å². The fraction of sp³-hybridized carbons (Fsp3) is 0.667. The van der Waals surface area contributed by atoms with Crippen LogP contribution in [-0.4, -0.2) is 73.3 Å². The molecular weight excluding hydrogens is 318 g/mol. The Kier molecular flexibility index (Phi) is 5.88. The third-order valence-corrected chi connectivity index (χ3v) is 5.09. The highest BCUT2D eigenvalue weighted by atomic mass is 16.5. The molecule has 2 aliphatic heterocycles. The van der Waals surface area contributed by atoms with Gasteiger partial charge >= 0.3 is 0 Å². The fourth-order valence-corrected chi connectivity index (χ4v) is 3.46. The number of aromatic nitrogens is 1. The predicted octanol–water partition coefficient (Wildman–Crippen LogP) is 0.216. The average molecular weight is 347 g/mol. The zero-order chi connectivity index (χ0) is 17.7. The predicted molar refractivity (Wildman–Crippen MR) is 97.5 cm³/mol. The average Bonchev–Trinajstić information content (AvgIpc) is 2.63. The minimum Gasteiger partial charge on any atom is -0.381 e. The van der Waals surface area contributed by atoms with Crippen molar-refractivity contribution in [3.8, 4) is 0 Å². The van der Waals surface area contributed by atoms with Crippen molar-refractivity contribution in [1.82, 2.24) is 15.2 Å². The molecule has 138 valence electrons. The smallest absolute Gasteiger partial charge is 0.240 e. The lowest BCUT2D eigenvalue weighted by molar-refractivity contribution is -0.130. The molecule has 2 fully saturated rings. The Morgan fingerprint density at radius 1 is 1.32 bits per heavy atom. The number of nitrogens with two attached hydrogens (primary N) is 1. The van der Waals surface area contributed by atoms with Gasteiger partial charge in [-0.3, -0.25) is 9.69 Å². The van der Waals surface area contributed by atoms with E-state index in [0.717, 1.165) is 38.5 Å². The van der Waals surface area contributed by atoms with Crippen LogP contribution in [0.15, 0.2) is 24.4 Å². The van der Waals surface area contributed by atoms with Crippen molar-refractivity contribution in [1.29, 1.82) is 0 Å². The molecule has 0 aromatic carbocycles. The van der Waals surface area contributed by atoms with Gasteiger partial charge in [-0.25, -0.2) is 4.98 Å². The van der Waals surface area contributed by atoms with Gasteiger partial charge < -0.3 is 20.7 Å². The van der Waals surface area contributed by atoms with E-state index in [4.69, 9.17) is 10.5 Å². The first-order chi connectivity index (χ1) is 12.1. The molecule has 3 N–H and O–H groups in total. The number of nitrogens with zero attached hydrogens (tertiary/aromatic N) is 3. The molecule has 0 aliphatic carbocycles. The first-order valence-corrected chi connectivity index (χ1v) is 9.13. The van der Waals surface area contributed by atoms with E-state index in [-0.39, 0.29) is 11.9 Å². The van der Waals surface area contributed by atoms with Crippen LogP contribution in [-0.2, 0) is 9.53 Å². The zero-order valence-electron chi connectivity index (χ0n) is 15.0. The number of pyridine rings is 1. The number of hydrogen-bond donors (Lipinski definition) is 2. The maximum atomic E-state index is 12.5. The van der Waals surface area contributed by atoms with Gasteiger partial charge in [-0.2, -0.15) is 0 Å². The van der Waals surface area contributed by atoms with Gasteiger partial charge in [0.05, 0.1) is 5.54 Å². The summed E-state index contributed by atoms with van der Waals surface area (Å²) in [5.41, 5.74) is 5.47. The van der Waals surface area contributed by atoms with Crippen LogP contribution in [0.5, 0.6) is 0 Å². The SMILES string of the molecule is CC(CN1CCN(c2ccccn2)CC1)NC(=O)C1(N)CCOCC1. The molecule has 1 amide bonds. The molecule has 0 radical (unpaired) electrons. The van der Waals surface area contributed by atoms with E-state index in [0.29, 0.717) is 26.1 Å². The van der Waals surface area contributed by atoms with Gasteiger partial charge in [-0.1, -0.05) is 6.07 Å². The summed E-state index contributed by atoms with van der Waals surface area (Å²) in [6.45, 7) is 7.87. The summed E-state index contributed by atoms with van der Waals surface area (Å²) in [5, 5.41) is 3.09. The standard InChI is InChI=1S/C18H29N5O2/c1-15(21-17(24)18(19)5-12-25-13-6-18)14-22-8-10-23(11-9-22)16-4-2-3-7-20-16/h2-4,7,15H,5-6,8-14,19H2,1H3,(H,21,24). The van der Waals surface area contributed by atoms with Crippen LogP contribution in [0.3, 0.4) is 0 Å². The number of nitrogens with one attached hydrogen (secondary N) is 1. The molecule has 1 aromatic heterocycles. The van der Waals surface area contributed by atoms with Crippen LogP contribution in [0.2, 0.25) is 0 Å². The Balaban J connectivity index is 1.43. The summed E-state index contributed by atoms with van der Waals surface area (Å²) in [7, 11) is 0. The second-order valence-electron chi connectivity index (χ2n) is 7.12. The molecule has 0 saturated carbocycles. The summed E-state index contributed by atoms with van der Waals surface area (Å²) < 4.78 is 5.31. The number of ether oxygens (including phenoxy) is 1. The van der Waals surface area contributed by atoms with Crippen molar-refractivity contribution in [2.75, 3.05) is 50.8 Å². The van der Waals surface area contributed by atoms with Crippen LogP contribution in [0.4, 0.5) is 5.82 Å². The second-order valence-corrected chi connectivity index (χ2v) is 7.12. The lowest BCUT2D eigenvalue weighted by atomic mass is 9.90. The molecule has 7 nitrogen and oxygen atoms in total. The molecule has 1 unspecified atom stereocenters. The lowest BCUT2D eigenvalue weighted by Gasteiger charge is -2.37. The van der Waals surface area contributed by atoms with E-state index in [1.807, 2.05) is 31.3 Å². The fourth-order valence-electron chi connectivity index (χ4n) is 3.46. The monoisotopic (exact) mass is 347 g/mol. The van der Waals surface area contributed by atoms with E-state index in [1.165, 1.54) is 0 Å². The van der Waals surface area contributed by atoms with E-state index < -0.39 is 5.54 Å². The Hall–Kier alpha value is -1.70. The van der Waals surface area contributed by atoms with Crippen molar-refractivity contribution in [2.45, 2.75) is 31.3 Å². The highest BCUT2D eigenvalue weighted by Crippen LogP contribution is 2.18. The minimum absolute atomic E-state index is 0.0459. The van der Waals surface area contributed by atoms with E-state index in [1.54, 1.807) is 0 Å². The Labute approximate surface area is 149 Å². The van der Waals surface area contributed by atoms with Gasteiger partial charge in [0.2, 0.25) is 5.91 Å². The number of rotatable bonds is 5. The molecule has 0 spiro atoms. The zero-order valence-corrected chi connectivity index (χ0v) is 15.0. The molecule has 7 heteroatoms. The number of piperazine rings is 1. The first kappa shape index (κ1) is 18.1. The first-order valence-electron chi connectivity index (χ1n) is 9.13. The molecule has 1 aromatic rings. The van der Waals surface area contributed by atoms with E-state index in [2.05, 4.69) is 20.1 Å². The van der Waals surface area contributed by atoms with Crippen molar-refractivity contribution >= 4 is 11.7 Å². The molecule has 1 atom stereocenters. The summed E-state index contributed by atoms with van der Waals surface area (Å²) in [6.07, 6.45) is 3.01. The van der Waals surface area contributed by atoms with Gasteiger partial charge in [0.1, 0.15) is 5.82 Å². The Morgan fingerprint density at radius 2 is 2.04 bits per heavy atom. The van der Waals surface area contributed by atoms with E-state index in [9.17, 15) is 4.79 Å². The van der Waals surface area contributed by atoms with Gasteiger partial charge in [0.15, 0.2) is 0 Å². The molecular formula is C18H29N5O2. The molecule has 2 saturated heterocycles. The third kappa shape index (κ3) is 4.68. The molecule has 3 heterocycles. The number of amides is 1. The maximum absolute atomic E-state index is 12.5. The largest absolute Gasteiger partial charge is 0.381 e. The highest BCUT2D eigenvalue weighted by Gasteiger charge is 2.36. The molecule has 0 bridgehead atoms. The van der Waals surface area contributed by atoms with Crippen LogP contribution in [0.1, 0.15) is 19.8 Å². The molecule has 2 aliphatic rings. The van der Waals surface area contributed by atoms with Crippen LogP contribution >= 0.6 is 0 Å². The van der Waals surface area contributed by atoms with Gasteiger partial charge in [0, 0.05) is 58.2 Å². The Morgan fingerprint density at radius 3 is 2.68 bits per heavy atom. The highest BCUT2D eigenvalue weighted by molar-refractivity contribution is 5.86. The second kappa shape index (κ2) is 8.12. The number of carbonyl (C=O) groups is 1. The van der Waals surface area contributed by atoms with Crippen molar-refractivity contribution in [3.63, 3.8) is 0 Å². The summed E-state index contributed by atoms with van der Waals surface area (Å²) in [4.78, 5) is 21.6. The van der Waals surface area contributed by atoms with Crippen molar-refractivity contribution < 1.29 is 9.53 Å².